The molecule has 2 rings (SSSR count). The van der Waals surface area contributed by atoms with Crippen LogP contribution in [-0.4, -0.2) is 12.6 Å². The molecule has 0 saturated heterocycles. The van der Waals surface area contributed by atoms with Gasteiger partial charge in [-0.25, -0.2) is 0 Å². The minimum absolute atomic E-state index is 0.0388. The molecule has 1 fully saturated rings. The third kappa shape index (κ3) is 2.20. The molecule has 2 heteroatoms. The van der Waals surface area contributed by atoms with E-state index in [9.17, 15) is 4.79 Å². The third-order valence-electron chi connectivity index (χ3n) is 2.89. The summed E-state index contributed by atoms with van der Waals surface area (Å²) in [6, 6.07) is 8.41. The van der Waals surface area contributed by atoms with E-state index in [-0.39, 0.29) is 11.9 Å². The summed E-state index contributed by atoms with van der Waals surface area (Å²) in [5.74, 6) is 0.459. The van der Waals surface area contributed by atoms with Crippen LogP contribution in [0, 0.1) is 12.8 Å². The molecule has 0 heterocycles. The number of esters is 1. The molecule has 15 heavy (non-hydrogen) atoms. The van der Waals surface area contributed by atoms with Crippen LogP contribution >= 0.6 is 0 Å². The molecule has 0 amide bonds. The first-order chi connectivity index (χ1) is 7.22. The van der Waals surface area contributed by atoms with E-state index in [1.54, 1.807) is 0 Å². The largest absolute Gasteiger partial charge is 0.466 e. The van der Waals surface area contributed by atoms with E-state index in [0.29, 0.717) is 12.5 Å². The van der Waals surface area contributed by atoms with E-state index in [2.05, 4.69) is 31.2 Å². The van der Waals surface area contributed by atoms with Crippen molar-refractivity contribution in [2.45, 2.75) is 26.2 Å². The van der Waals surface area contributed by atoms with Gasteiger partial charge in [0.05, 0.1) is 12.5 Å². The van der Waals surface area contributed by atoms with E-state index in [1.165, 1.54) is 11.1 Å². The Hall–Kier alpha value is -1.31. The Balaban J connectivity index is 1.98. The number of hydrogen-bond donors (Lipinski definition) is 0. The molecule has 1 aliphatic carbocycles. The first-order valence-corrected chi connectivity index (χ1v) is 5.45. The average Bonchev–Trinajstić information content (AvgIpc) is 2.99. The van der Waals surface area contributed by atoms with Crippen LogP contribution < -0.4 is 0 Å². The molecule has 1 saturated carbocycles. The van der Waals surface area contributed by atoms with Gasteiger partial charge in [0.25, 0.3) is 0 Å². The summed E-state index contributed by atoms with van der Waals surface area (Å²) in [7, 11) is 0. The Kier molecular flexibility index (Phi) is 2.76. The number of ether oxygens (including phenoxy) is 1. The number of hydrogen-bond acceptors (Lipinski definition) is 2. The van der Waals surface area contributed by atoms with E-state index in [1.807, 2.05) is 6.92 Å². The highest BCUT2D eigenvalue weighted by molar-refractivity contribution is 5.77. The van der Waals surface area contributed by atoms with Gasteiger partial charge in [-0.1, -0.05) is 29.8 Å². The quantitative estimate of drug-likeness (QED) is 0.707. The van der Waals surface area contributed by atoms with Crippen molar-refractivity contribution < 1.29 is 9.53 Å². The van der Waals surface area contributed by atoms with Crippen molar-refractivity contribution >= 4 is 5.97 Å². The summed E-state index contributed by atoms with van der Waals surface area (Å²) in [5.41, 5.74) is 2.52. The second kappa shape index (κ2) is 4.05. The van der Waals surface area contributed by atoms with Gasteiger partial charge in [0.1, 0.15) is 0 Å². The predicted octanol–water partition coefficient (Wildman–Crippen LogP) is 2.66. The zero-order chi connectivity index (χ0) is 10.8. The lowest BCUT2D eigenvalue weighted by Gasteiger charge is -2.01. The maximum absolute atomic E-state index is 11.4. The van der Waals surface area contributed by atoms with Crippen molar-refractivity contribution in [3.8, 4) is 0 Å². The maximum atomic E-state index is 11.4. The number of carbonyl (C=O) groups excluding carboxylic acids is 1. The molecule has 0 aliphatic heterocycles. The van der Waals surface area contributed by atoms with Crippen molar-refractivity contribution in [3.63, 3.8) is 0 Å². The molecule has 0 spiro atoms. The lowest BCUT2D eigenvalue weighted by atomic mass is 10.1. The molecular weight excluding hydrogens is 188 g/mol. The van der Waals surface area contributed by atoms with Crippen molar-refractivity contribution in [2.24, 2.45) is 5.92 Å². The number of rotatable bonds is 3. The molecular formula is C13H16O2. The van der Waals surface area contributed by atoms with Crippen LogP contribution in [0.15, 0.2) is 24.3 Å². The zero-order valence-electron chi connectivity index (χ0n) is 9.19. The van der Waals surface area contributed by atoms with E-state index < -0.39 is 0 Å². The van der Waals surface area contributed by atoms with Crippen LogP contribution in [0.4, 0.5) is 0 Å². The van der Waals surface area contributed by atoms with Crippen molar-refractivity contribution in [2.75, 3.05) is 6.61 Å². The Labute approximate surface area is 90.3 Å². The van der Waals surface area contributed by atoms with Crippen LogP contribution in [0.2, 0.25) is 0 Å². The van der Waals surface area contributed by atoms with Gasteiger partial charge in [-0.05, 0) is 31.7 Å². The van der Waals surface area contributed by atoms with Crippen LogP contribution in [0.1, 0.15) is 30.4 Å². The Morgan fingerprint density at radius 3 is 2.67 bits per heavy atom. The smallest absolute Gasteiger partial charge is 0.309 e. The molecule has 80 valence electrons. The normalized spacial score (nSPS) is 23.6. The summed E-state index contributed by atoms with van der Waals surface area (Å²) in [4.78, 5) is 11.4. The van der Waals surface area contributed by atoms with Gasteiger partial charge < -0.3 is 4.74 Å². The summed E-state index contributed by atoms with van der Waals surface area (Å²) in [6.07, 6.45) is 0.946. The second-order valence-electron chi connectivity index (χ2n) is 4.11. The fourth-order valence-corrected chi connectivity index (χ4v) is 1.89. The number of benzene rings is 1. The van der Waals surface area contributed by atoms with Gasteiger partial charge in [-0.15, -0.1) is 0 Å². The SMILES string of the molecule is CCOC(=O)[C@H]1C[C@H]1c1ccc(C)cc1. The summed E-state index contributed by atoms with van der Waals surface area (Å²) >= 11 is 0. The topological polar surface area (TPSA) is 26.3 Å². The minimum Gasteiger partial charge on any atom is -0.466 e. The molecule has 2 atom stereocenters. The molecule has 1 aliphatic rings. The fraction of sp³-hybridized carbons (Fsp3) is 0.462. The van der Waals surface area contributed by atoms with Gasteiger partial charge in [-0.3, -0.25) is 4.79 Å². The highest BCUT2D eigenvalue weighted by atomic mass is 16.5. The van der Waals surface area contributed by atoms with Gasteiger partial charge in [0.2, 0.25) is 0 Å². The minimum atomic E-state index is -0.0388. The Morgan fingerprint density at radius 1 is 1.40 bits per heavy atom. The number of carbonyl (C=O) groups is 1. The Bertz CT molecular complexity index is 353. The summed E-state index contributed by atoms with van der Waals surface area (Å²) in [6.45, 7) is 4.40. The lowest BCUT2D eigenvalue weighted by Crippen LogP contribution is -2.07. The van der Waals surface area contributed by atoms with Gasteiger partial charge in [0.15, 0.2) is 0 Å². The van der Waals surface area contributed by atoms with E-state index in [4.69, 9.17) is 4.74 Å². The number of aryl methyl sites for hydroxylation is 1. The molecule has 2 nitrogen and oxygen atoms in total. The van der Waals surface area contributed by atoms with Crippen LogP contribution in [-0.2, 0) is 9.53 Å². The molecule has 1 aromatic rings. The monoisotopic (exact) mass is 204 g/mol. The van der Waals surface area contributed by atoms with Gasteiger partial charge in [0, 0.05) is 0 Å². The molecule has 0 aromatic heterocycles. The average molecular weight is 204 g/mol. The summed E-state index contributed by atoms with van der Waals surface area (Å²) in [5, 5.41) is 0. The lowest BCUT2D eigenvalue weighted by molar-refractivity contribution is -0.144. The maximum Gasteiger partial charge on any atom is 0.309 e. The zero-order valence-corrected chi connectivity index (χ0v) is 9.19. The standard InChI is InChI=1S/C13H16O2/c1-3-15-13(14)12-8-11(12)10-6-4-9(2)5-7-10/h4-7,11-12H,3,8H2,1-2H3/t11-,12-/m0/s1. The first kappa shape index (κ1) is 10.2. The van der Waals surface area contributed by atoms with Crippen LogP contribution in [0.25, 0.3) is 0 Å². The molecule has 0 N–H and O–H groups in total. The molecule has 0 bridgehead atoms. The summed E-state index contributed by atoms with van der Waals surface area (Å²) < 4.78 is 5.00. The molecule has 1 aromatic carbocycles. The molecule has 0 radical (unpaired) electrons. The van der Waals surface area contributed by atoms with Crippen LogP contribution in [0.3, 0.4) is 0 Å². The fourth-order valence-electron chi connectivity index (χ4n) is 1.89. The first-order valence-electron chi connectivity index (χ1n) is 5.45. The third-order valence-corrected chi connectivity index (χ3v) is 2.89. The molecule has 0 unspecified atom stereocenters. The highest BCUT2D eigenvalue weighted by Crippen LogP contribution is 2.48. The predicted molar refractivity (Wildman–Crippen MR) is 58.7 cm³/mol. The van der Waals surface area contributed by atoms with Gasteiger partial charge in [-0.2, -0.15) is 0 Å². The van der Waals surface area contributed by atoms with Crippen molar-refractivity contribution in [1.82, 2.24) is 0 Å². The van der Waals surface area contributed by atoms with Crippen molar-refractivity contribution in [1.29, 1.82) is 0 Å². The Morgan fingerprint density at radius 2 is 2.07 bits per heavy atom. The highest BCUT2D eigenvalue weighted by Gasteiger charge is 2.44. The second-order valence-corrected chi connectivity index (χ2v) is 4.11. The van der Waals surface area contributed by atoms with Crippen LogP contribution in [0.5, 0.6) is 0 Å². The van der Waals surface area contributed by atoms with Crippen molar-refractivity contribution in [3.05, 3.63) is 35.4 Å². The van der Waals surface area contributed by atoms with E-state index >= 15 is 0 Å². The van der Waals surface area contributed by atoms with Gasteiger partial charge >= 0.3 is 5.97 Å². The van der Waals surface area contributed by atoms with E-state index in [0.717, 1.165) is 6.42 Å².